The molecule has 3 aromatic rings. The molecule has 0 spiro atoms. The summed E-state index contributed by atoms with van der Waals surface area (Å²) in [5, 5.41) is 3.40. The smallest absolute Gasteiger partial charge is 0.268 e. The van der Waals surface area contributed by atoms with E-state index in [1.165, 1.54) is 24.3 Å². The Bertz CT molecular complexity index is 891. The van der Waals surface area contributed by atoms with E-state index in [9.17, 15) is 14.0 Å². The fraction of sp³-hybridized carbons (Fsp3) is 0.0625. The molecule has 6 heteroatoms. The number of H-pyrrole nitrogens is 1. The summed E-state index contributed by atoms with van der Waals surface area (Å²) in [6.45, 7) is 0.288. The molecule has 0 fully saturated rings. The van der Waals surface area contributed by atoms with Gasteiger partial charge in [0.2, 0.25) is 0 Å². The predicted octanol–water partition coefficient (Wildman–Crippen LogP) is 1.99. The van der Waals surface area contributed by atoms with Gasteiger partial charge in [-0.05, 0) is 41.3 Å². The molecule has 1 aromatic carbocycles. The number of halogens is 1. The van der Waals surface area contributed by atoms with Gasteiger partial charge >= 0.3 is 0 Å². The van der Waals surface area contributed by atoms with Gasteiger partial charge in [0, 0.05) is 24.3 Å². The van der Waals surface area contributed by atoms with Crippen LogP contribution >= 0.6 is 0 Å². The largest absolute Gasteiger partial charge is 0.347 e. The van der Waals surface area contributed by atoms with E-state index in [0.717, 1.165) is 5.56 Å². The van der Waals surface area contributed by atoms with Crippen molar-refractivity contribution in [2.75, 3.05) is 0 Å². The Morgan fingerprint density at radius 3 is 2.91 bits per heavy atom. The monoisotopic (exact) mass is 297 g/mol. The number of rotatable bonds is 3. The number of aromatic amines is 1. The number of fused-ring (bicyclic) bond motifs is 1. The first-order chi connectivity index (χ1) is 10.6. The first kappa shape index (κ1) is 13.9. The van der Waals surface area contributed by atoms with E-state index in [1.54, 1.807) is 18.5 Å². The molecule has 2 N–H and O–H groups in total. The second kappa shape index (κ2) is 5.77. The average molecular weight is 297 g/mol. The van der Waals surface area contributed by atoms with Crippen LogP contribution in [-0.4, -0.2) is 15.9 Å². The zero-order chi connectivity index (χ0) is 15.5. The van der Waals surface area contributed by atoms with Gasteiger partial charge in [-0.2, -0.15) is 0 Å². The lowest BCUT2D eigenvalue weighted by atomic mass is 10.1. The molecule has 0 atom stereocenters. The molecule has 110 valence electrons. The third-order valence-corrected chi connectivity index (χ3v) is 3.23. The highest BCUT2D eigenvalue weighted by atomic mass is 19.1. The maximum Gasteiger partial charge on any atom is 0.268 e. The summed E-state index contributed by atoms with van der Waals surface area (Å²) in [5.74, 6) is -0.896. The Labute approximate surface area is 124 Å². The number of pyridine rings is 2. The summed E-state index contributed by atoms with van der Waals surface area (Å²) in [4.78, 5) is 30.5. The fourth-order valence-electron chi connectivity index (χ4n) is 2.14. The molecular weight excluding hydrogens is 285 g/mol. The Hall–Kier alpha value is -3.02. The van der Waals surface area contributed by atoms with Crippen molar-refractivity contribution >= 4 is 16.7 Å². The number of carbonyl (C=O) groups is 1. The van der Waals surface area contributed by atoms with E-state index in [1.807, 2.05) is 6.07 Å². The zero-order valence-corrected chi connectivity index (χ0v) is 11.5. The van der Waals surface area contributed by atoms with Crippen LogP contribution in [-0.2, 0) is 6.54 Å². The Balaban J connectivity index is 1.86. The number of amides is 1. The van der Waals surface area contributed by atoms with Gasteiger partial charge in [-0.1, -0.05) is 6.07 Å². The number of nitrogens with one attached hydrogen (secondary N) is 2. The van der Waals surface area contributed by atoms with Gasteiger partial charge in [0.15, 0.2) is 0 Å². The van der Waals surface area contributed by atoms with Crippen molar-refractivity contribution in [2.45, 2.75) is 6.54 Å². The minimum Gasteiger partial charge on any atom is -0.347 e. The van der Waals surface area contributed by atoms with Gasteiger partial charge in [0.05, 0.1) is 0 Å². The van der Waals surface area contributed by atoms with Crippen molar-refractivity contribution < 1.29 is 9.18 Å². The van der Waals surface area contributed by atoms with E-state index >= 15 is 0 Å². The molecule has 0 aliphatic rings. The van der Waals surface area contributed by atoms with Gasteiger partial charge in [-0.3, -0.25) is 14.6 Å². The molecule has 2 heterocycles. The van der Waals surface area contributed by atoms with Crippen molar-refractivity contribution in [1.29, 1.82) is 0 Å². The number of carbonyl (C=O) groups excluding carboxylic acids is 1. The van der Waals surface area contributed by atoms with Crippen LogP contribution in [0.15, 0.2) is 53.6 Å². The summed E-state index contributed by atoms with van der Waals surface area (Å²) in [5.41, 5.74) is 0.501. The maximum atomic E-state index is 13.3. The summed E-state index contributed by atoms with van der Waals surface area (Å²) < 4.78 is 13.3. The van der Waals surface area contributed by atoms with E-state index in [0.29, 0.717) is 10.8 Å². The van der Waals surface area contributed by atoms with Crippen LogP contribution in [0.25, 0.3) is 10.8 Å². The quantitative estimate of drug-likeness (QED) is 0.776. The number of benzene rings is 1. The summed E-state index contributed by atoms with van der Waals surface area (Å²) in [6.07, 6.45) is 3.28. The van der Waals surface area contributed by atoms with Crippen molar-refractivity contribution in [2.24, 2.45) is 0 Å². The van der Waals surface area contributed by atoms with Gasteiger partial charge in [-0.15, -0.1) is 0 Å². The molecule has 0 bridgehead atoms. The van der Waals surface area contributed by atoms with Crippen LogP contribution in [0.4, 0.5) is 4.39 Å². The van der Waals surface area contributed by atoms with E-state index in [-0.39, 0.29) is 12.2 Å². The lowest BCUT2D eigenvalue weighted by Gasteiger charge is -2.06. The second-order valence-corrected chi connectivity index (χ2v) is 4.79. The molecule has 5 nitrogen and oxygen atoms in total. The summed E-state index contributed by atoms with van der Waals surface area (Å²) in [6, 6.07) is 8.87. The van der Waals surface area contributed by atoms with Crippen LogP contribution in [0.2, 0.25) is 0 Å². The van der Waals surface area contributed by atoms with Gasteiger partial charge in [0.1, 0.15) is 11.5 Å². The molecule has 0 unspecified atom stereocenters. The fourth-order valence-corrected chi connectivity index (χ4v) is 2.14. The topological polar surface area (TPSA) is 74.8 Å². The van der Waals surface area contributed by atoms with Crippen LogP contribution in [0.3, 0.4) is 0 Å². The number of nitrogens with zero attached hydrogens (tertiary/aromatic N) is 1. The van der Waals surface area contributed by atoms with Crippen molar-refractivity contribution in [3.63, 3.8) is 0 Å². The highest BCUT2D eigenvalue weighted by Crippen LogP contribution is 2.12. The molecule has 0 aliphatic heterocycles. The van der Waals surface area contributed by atoms with Crippen molar-refractivity contribution in [3.8, 4) is 0 Å². The lowest BCUT2D eigenvalue weighted by Crippen LogP contribution is -2.26. The average Bonchev–Trinajstić information content (AvgIpc) is 2.53. The molecule has 2 aromatic heterocycles. The Kier molecular flexibility index (Phi) is 3.65. The van der Waals surface area contributed by atoms with Gasteiger partial charge in [0.25, 0.3) is 11.5 Å². The molecular formula is C16H12FN3O2. The first-order valence-corrected chi connectivity index (χ1v) is 6.63. The third kappa shape index (κ3) is 2.85. The minimum atomic E-state index is -0.459. The van der Waals surface area contributed by atoms with Gasteiger partial charge < -0.3 is 10.3 Å². The van der Waals surface area contributed by atoms with Gasteiger partial charge in [-0.25, -0.2) is 4.39 Å². The highest BCUT2D eigenvalue weighted by Gasteiger charge is 2.10. The zero-order valence-electron chi connectivity index (χ0n) is 11.5. The normalized spacial score (nSPS) is 10.6. The standard InChI is InChI=1S/C16H12FN3O2/c17-12-3-4-13-11(6-12)7-14(20-15(13)21)16(22)19-9-10-2-1-5-18-8-10/h1-8H,9H2,(H,19,22)(H,20,21). The Morgan fingerprint density at radius 1 is 1.27 bits per heavy atom. The van der Waals surface area contributed by atoms with Crippen molar-refractivity contribution in [3.05, 3.63) is 76.2 Å². The number of aromatic nitrogens is 2. The van der Waals surface area contributed by atoms with Crippen LogP contribution in [0.1, 0.15) is 16.1 Å². The number of hydrogen-bond donors (Lipinski definition) is 2. The van der Waals surface area contributed by atoms with Crippen LogP contribution in [0, 0.1) is 5.82 Å². The molecule has 1 amide bonds. The minimum absolute atomic E-state index is 0.0898. The summed E-state index contributed by atoms with van der Waals surface area (Å²) >= 11 is 0. The van der Waals surface area contributed by atoms with E-state index < -0.39 is 17.3 Å². The van der Waals surface area contributed by atoms with Crippen molar-refractivity contribution in [1.82, 2.24) is 15.3 Å². The SMILES string of the molecule is O=C(NCc1cccnc1)c1cc2cc(F)ccc2c(=O)[nH]1. The third-order valence-electron chi connectivity index (χ3n) is 3.23. The maximum absolute atomic E-state index is 13.3. The molecule has 0 aliphatic carbocycles. The molecule has 0 saturated carbocycles. The second-order valence-electron chi connectivity index (χ2n) is 4.79. The van der Waals surface area contributed by atoms with E-state index in [4.69, 9.17) is 0 Å². The van der Waals surface area contributed by atoms with Crippen LogP contribution < -0.4 is 10.9 Å². The lowest BCUT2D eigenvalue weighted by molar-refractivity contribution is 0.0946. The van der Waals surface area contributed by atoms with E-state index in [2.05, 4.69) is 15.3 Å². The summed E-state index contributed by atoms with van der Waals surface area (Å²) in [7, 11) is 0. The molecule has 0 radical (unpaired) electrons. The Morgan fingerprint density at radius 2 is 2.14 bits per heavy atom. The first-order valence-electron chi connectivity index (χ1n) is 6.63. The molecule has 0 saturated heterocycles. The number of hydrogen-bond acceptors (Lipinski definition) is 3. The predicted molar refractivity (Wildman–Crippen MR) is 79.9 cm³/mol. The molecule has 22 heavy (non-hydrogen) atoms. The molecule has 3 rings (SSSR count). The highest BCUT2D eigenvalue weighted by molar-refractivity contribution is 5.96. The van der Waals surface area contributed by atoms with Crippen LogP contribution in [0.5, 0.6) is 0 Å².